The van der Waals surface area contributed by atoms with Gasteiger partial charge in [-0.2, -0.15) is 0 Å². The van der Waals surface area contributed by atoms with Crippen molar-refractivity contribution in [2.75, 3.05) is 13.7 Å². The lowest BCUT2D eigenvalue weighted by molar-refractivity contribution is -0.148. The largest absolute Gasteiger partial charge is 0.468 e. The zero-order chi connectivity index (χ0) is 15.1. The number of thiophene rings is 1. The van der Waals surface area contributed by atoms with E-state index in [1.165, 1.54) is 12.0 Å². The summed E-state index contributed by atoms with van der Waals surface area (Å²) in [4.78, 5) is 27.0. The molecular formula is C16H23NO3S. The fraction of sp³-hybridized carbons (Fsp3) is 0.625. The van der Waals surface area contributed by atoms with Crippen LogP contribution in [0.5, 0.6) is 0 Å². The van der Waals surface area contributed by atoms with Gasteiger partial charge >= 0.3 is 5.97 Å². The quantitative estimate of drug-likeness (QED) is 0.727. The van der Waals surface area contributed by atoms with E-state index in [2.05, 4.69) is 11.4 Å². The summed E-state index contributed by atoms with van der Waals surface area (Å²) in [5.41, 5.74) is 0. The number of hydrogen-bond donors (Lipinski definition) is 0. The van der Waals surface area contributed by atoms with Crippen molar-refractivity contribution in [1.82, 2.24) is 4.90 Å². The molecule has 4 nitrogen and oxygen atoms in total. The van der Waals surface area contributed by atoms with Crippen LogP contribution in [0.2, 0.25) is 0 Å². The van der Waals surface area contributed by atoms with Crippen molar-refractivity contribution in [1.29, 1.82) is 0 Å². The molecule has 0 atom stereocenters. The van der Waals surface area contributed by atoms with Crippen LogP contribution in [0.15, 0.2) is 17.5 Å². The molecule has 0 spiro atoms. The van der Waals surface area contributed by atoms with Crippen molar-refractivity contribution in [2.24, 2.45) is 0 Å². The standard InChI is InChI=1S/C16H23NO3S/c1-20-16(19)12-17(13-6-2-3-7-13)15(18)10-4-8-14-9-5-11-21-14/h5,9,11,13H,2-4,6-8,10,12H2,1H3. The topological polar surface area (TPSA) is 46.6 Å². The van der Waals surface area contributed by atoms with E-state index in [0.29, 0.717) is 6.42 Å². The minimum absolute atomic E-state index is 0.0869. The molecule has 21 heavy (non-hydrogen) atoms. The second kappa shape index (κ2) is 8.17. The Balaban J connectivity index is 1.85. The van der Waals surface area contributed by atoms with E-state index in [1.54, 1.807) is 16.2 Å². The molecule has 1 heterocycles. The van der Waals surface area contributed by atoms with Crippen molar-refractivity contribution >= 4 is 23.2 Å². The van der Waals surface area contributed by atoms with E-state index in [4.69, 9.17) is 4.74 Å². The number of methoxy groups -OCH3 is 1. The predicted molar refractivity (Wildman–Crippen MR) is 83.2 cm³/mol. The van der Waals surface area contributed by atoms with Crippen LogP contribution in [0.4, 0.5) is 0 Å². The first-order chi connectivity index (χ1) is 10.2. The lowest BCUT2D eigenvalue weighted by atomic mass is 10.1. The molecule has 1 fully saturated rings. The van der Waals surface area contributed by atoms with Crippen LogP contribution in [0.25, 0.3) is 0 Å². The van der Waals surface area contributed by atoms with Crippen LogP contribution in [0.3, 0.4) is 0 Å². The number of aryl methyl sites for hydroxylation is 1. The highest BCUT2D eigenvalue weighted by molar-refractivity contribution is 7.09. The molecule has 0 radical (unpaired) electrons. The molecule has 0 saturated heterocycles. The van der Waals surface area contributed by atoms with Crippen LogP contribution >= 0.6 is 11.3 Å². The Labute approximate surface area is 130 Å². The minimum Gasteiger partial charge on any atom is -0.468 e. The average Bonchev–Trinajstić information content (AvgIpc) is 3.17. The first-order valence-electron chi connectivity index (χ1n) is 7.59. The number of hydrogen-bond acceptors (Lipinski definition) is 4. The van der Waals surface area contributed by atoms with Crippen molar-refractivity contribution in [3.8, 4) is 0 Å². The molecule has 0 N–H and O–H groups in total. The monoisotopic (exact) mass is 309 g/mol. The van der Waals surface area contributed by atoms with Crippen molar-refractivity contribution in [3.05, 3.63) is 22.4 Å². The van der Waals surface area contributed by atoms with E-state index >= 15 is 0 Å². The molecule has 1 aliphatic rings. The molecule has 1 saturated carbocycles. The maximum absolute atomic E-state index is 12.4. The normalized spacial score (nSPS) is 15.1. The van der Waals surface area contributed by atoms with E-state index in [1.807, 2.05) is 6.07 Å². The maximum atomic E-state index is 12.4. The minimum atomic E-state index is -0.325. The molecule has 2 rings (SSSR count). The summed E-state index contributed by atoms with van der Waals surface area (Å²) in [7, 11) is 1.37. The number of amides is 1. The molecule has 116 valence electrons. The first-order valence-corrected chi connectivity index (χ1v) is 8.47. The summed E-state index contributed by atoms with van der Waals surface area (Å²) in [5, 5.41) is 2.05. The second-order valence-corrected chi connectivity index (χ2v) is 6.50. The number of rotatable bonds is 7. The highest BCUT2D eigenvalue weighted by atomic mass is 32.1. The molecule has 5 heteroatoms. The first kappa shape index (κ1) is 16.0. The summed E-state index contributed by atoms with van der Waals surface area (Å²) >= 11 is 1.72. The summed E-state index contributed by atoms with van der Waals surface area (Å²) in [6, 6.07) is 4.35. The smallest absolute Gasteiger partial charge is 0.325 e. The second-order valence-electron chi connectivity index (χ2n) is 5.47. The zero-order valence-corrected chi connectivity index (χ0v) is 13.4. The number of ether oxygens (including phenoxy) is 1. The van der Waals surface area contributed by atoms with Gasteiger partial charge in [0, 0.05) is 17.3 Å². The average molecular weight is 309 g/mol. The fourth-order valence-electron chi connectivity index (χ4n) is 2.85. The summed E-state index contributed by atoms with van der Waals surface area (Å²) in [6.45, 7) is 0.0962. The molecule has 1 aliphatic carbocycles. The van der Waals surface area contributed by atoms with Crippen LogP contribution in [-0.2, 0) is 20.7 Å². The van der Waals surface area contributed by atoms with E-state index in [-0.39, 0.29) is 24.5 Å². The van der Waals surface area contributed by atoms with Crippen molar-refractivity contribution in [3.63, 3.8) is 0 Å². The highest BCUT2D eigenvalue weighted by Gasteiger charge is 2.28. The van der Waals surface area contributed by atoms with Crippen LogP contribution in [0.1, 0.15) is 43.4 Å². The molecule has 1 aromatic rings. The molecule has 0 aromatic carbocycles. The lowest BCUT2D eigenvalue weighted by Gasteiger charge is -2.28. The maximum Gasteiger partial charge on any atom is 0.325 e. The van der Waals surface area contributed by atoms with E-state index < -0.39 is 0 Å². The van der Waals surface area contributed by atoms with Gasteiger partial charge in [0.05, 0.1) is 7.11 Å². The molecule has 1 aromatic heterocycles. The SMILES string of the molecule is COC(=O)CN(C(=O)CCCc1cccs1)C1CCCC1. The Bertz CT molecular complexity index is 452. The third-order valence-electron chi connectivity index (χ3n) is 4.01. The van der Waals surface area contributed by atoms with Crippen LogP contribution in [-0.4, -0.2) is 36.5 Å². The van der Waals surface area contributed by atoms with Crippen molar-refractivity contribution < 1.29 is 14.3 Å². The Morgan fingerprint density at radius 1 is 1.38 bits per heavy atom. The van der Waals surface area contributed by atoms with Gasteiger partial charge in [0.1, 0.15) is 6.54 Å². The summed E-state index contributed by atoms with van der Waals surface area (Å²) in [6.07, 6.45) is 6.58. The number of esters is 1. The zero-order valence-electron chi connectivity index (χ0n) is 12.5. The van der Waals surface area contributed by atoms with Crippen LogP contribution in [0, 0.1) is 0 Å². The van der Waals surface area contributed by atoms with E-state index in [9.17, 15) is 9.59 Å². The van der Waals surface area contributed by atoms with E-state index in [0.717, 1.165) is 38.5 Å². The molecule has 0 unspecified atom stereocenters. The summed E-state index contributed by atoms with van der Waals surface area (Å²) < 4.78 is 4.72. The van der Waals surface area contributed by atoms with Crippen molar-refractivity contribution in [2.45, 2.75) is 51.0 Å². The number of carbonyl (C=O) groups is 2. The highest BCUT2D eigenvalue weighted by Crippen LogP contribution is 2.24. The predicted octanol–water partition coefficient (Wildman–Crippen LogP) is 3.02. The summed E-state index contributed by atoms with van der Waals surface area (Å²) in [5.74, 6) is -0.239. The fourth-order valence-corrected chi connectivity index (χ4v) is 3.60. The van der Waals surface area contributed by atoms with Gasteiger partial charge in [0.2, 0.25) is 5.91 Å². The van der Waals surface area contributed by atoms with Gasteiger partial charge in [-0.3, -0.25) is 9.59 Å². The Hall–Kier alpha value is -1.36. The van der Waals surface area contributed by atoms with Gasteiger partial charge in [0.15, 0.2) is 0 Å². The van der Waals surface area contributed by atoms with Crippen LogP contribution < -0.4 is 0 Å². The molecular weight excluding hydrogens is 286 g/mol. The lowest BCUT2D eigenvalue weighted by Crippen LogP contribution is -2.42. The Morgan fingerprint density at radius 3 is 2.76 bits per heavy atom. The third-order valence-corrected chi connectivity index (χ3v) is 4.94. The number of nitrogens with zero attached hydrogens (tertiary/aromatic N) is 1. The molecule has 0 bridgehead atoms. The van der Waals surface area contributed by atoms with Gasteiger partial charge in [-0.05, 0) is 37.1 Å². The third kappa shape index (κ3) is 4.84. The Morgan fingerprint density at radius 2 is 2.14 bits per heavy atom. The van der Waals surface area contributed by atoms with Gasteiger partial charge in [-0.1, -0.05) is 18.9 Å². The molecule has 0 aliphatic heterocycles. The molecule has 1 amide bonds. The van der Waals surface area contributed by atoms with Gasteiger partial charge in [-0.15, -0.1) is 11.3 Å². The number of carbonyl (C=O) groups excluding carboxylic acids is 2. The van der Waals surface area contributed by atoms with Gasteiger partial charge in [0.25, 0.3) is 0 Å². The Kier molecular flexibility index (Phi) is 6.23. The van der Waals surface area contributed by atoms with Gasteiger partial charge in [-0.25, -0.2) is 0 Å². The van der Waals surface area contributed by atoms with Gasteiger partial charge < -0.3 is 9.64 Å².